The normalized spacial score (nSPS) is 13.6. The van der Waals surface area contributed by atoms with E-state index < -0.39 is 0 Å². The molecule has 0 fully saturated rings. The van der Waals surface area contributed by atoms with Gasteiger partial charge < -0.3 is 5.73 Å². The SMILES string of the molecule is CC1(C)c2cc3ccccc3cc2-c2cccc(-c3ccc(-c4ccc(/C(N)=C/C(=NCc5ccccc5)c5ccc6ccccc6c5)c5ccccc45)cc3)c21. The summed E-state index contributed by atoms with van der Waals surface area (Å²) < 4.78 is 0. The monoisotopic (exact) mass is 730 g/mol. The fraction of sp³-hybridized carbons (Fsp3) is 0.0727. The Morgan fingerprint density at radius 2 is 1.12 bits per heavy atom. The van der Waals surface area contributed by atoms with Gasteiger partial charge in [0.15, 0.2) is 0 Å². The minimum Gasteiger partial charge on any atom is -0.398 e. The van der Waals surface area contributed by atoms with Gasteiger partial charge in [0.2, 0.25) is 0 Å². The predicted octanol–water partition coefficient (Wildman–Crippen LogP) is 13.8. The molecule has 0 aromatic heterocycles. The van der Waals surface area contributed by atoms with Crippen LogP contribution in [-0.2, 0) is 12.0 Å². The highest BCUT2D eigenvalue weighted by molar-refractivity contribution is 6.15. The minimum absolute atomic E-state index is 0.121. The van der Waals surface area contributed by atoms with E-state index in [9.17, 15) is 0 Å². The summed E-state index contributed by atoms with van der Waals surface area (Å²) in [7, 11) is 0. The molecule has 2 nitrogen and oxygen atoms in total. The van der Waals surface area contributed by atoms with Crippen molar-refractivity contribution >= 4 is 43.7 Å². The molecule has 1 aliphatic carbocycles. The zero-order valence-corrected chi connectivity index (χ0v) is 32.2. The highest BCUT2D eigenvalue weighted by Crippen LogP contribution is 2.53. The van der Waals surface area contributed by atoms with E-state index in [0.29, 0.717) is 12.2 Å². The average molecular weight is 731 g/mol. The molecular weight excluding hydrogens is 689 g/mol. The number of rotatable bonds is 7. The van der Waals surface area contributed by atoms with Gasteiger partial charge in [0.25, 0.3) is 0 Å². The summed E-state index contributed by atoms with van der Waals surface area (Å²) in [5.74, 6) is 0. The average Bonchev–Trinajstić information content (AvgIpc) is 3.49. The second-order valence-corrected chi connectivity index (χ2v) is 15.7. The van der Waals surface area contributed by atoms with Crippen molar-refractivity contribution in [3.05, 3.63) is 222 Å². The lowest BCUT2D eigenvalue weighted by Gasteiger charge is -2.25. The van der Waals surface area contributed by atoms with Gasteiger partial charge in [-0.25, -0.2) is 0 Å². The molecule has 0 amide bonds. The van der Waals surface area contributed by atoms with Crippen LogP contribution in [0.3, 0.4) is 0 Å². The molecule has 0 saturated carbocycles. The molecule has 10 rings (SSSR count). The molecule has 0 aliphatic heterocycles. The molecule has 0 heterocycles. The van der Waals surface area contributed by atoms with Crippen LogP contribution in [0.25, 0.3) is 71.4 Å². The summed E-state index contributed by atoms with van der Waals surface area (Å²) in [6.07, 6.45) is 2.05. The van der Waals surface area contributed by atoms with E-state index in [0.717, 1.165) is 33.2 Å². The third kappa shape index (κ3) is 6.11. The Balaban J connectivity index is 1.01. The molecule has 1 aliphatic rings. The summed E-state index contributed by atoms with van der Waals surface area (Å²) in [4.78, 5) is 5.13. The lowest BCUT2D eigenvalue weighted by molar-refractivity contribution is 0.663. The summed E-state index contributed by atoms with van der Waals surface area (Å²) in [6, 6.07) is 67.7. The van der Waals surface area contributed by atoms with E-state index in [1.54, 1.807) is 0 Å². The summed E-state index contributed by atoms with van der Waals surface area (Å²) >= 11 is 0. The standard InChI is InChI=1S/C55H42N2/c1-55(2)51-33-42-18-9-8-17-41(42)32-50(51)49-22-12-21-45(54(49)55)39-26-24-38(25-27-39)44-29-30-48(47-20-11-10-19-46(44)47)52(56)34-53(57-35-36-13-4-3-5-14-36)43-28-23-37-15-6-7-16-40(37)31-43/h3-34H,35,56H2,1-2H3/b52-34-,57-53?. The van der Waals surface area contributed by atoms with Gasteiger partial charge in [-0.15, -0.1) is 0 Å². The first kappa shape index (κ1) is 34.5. The van der Waals surface area contributed by atoms with Crippen molar-refractivity contribution in [2.75, 3.05) is 0 Å². The molecule has 9 aromatic rings. The van der Waals surface area contributed by atoms with E-state index >= 15 is 0 Å². The van der Waals surface area contributed by atoms with E-state index in [-0.39, 0.29) is 5.41 Å². The maximum absolute atomic E-state index is 7.06. The van der Waals surface area contributed by atoms with Crippen LogP contribution in [-0.4, -0.2) is 5.71 Å². The van der Waals surface area contributed by atoms with Crippen molar-refractivity contribution in [2.24, 2.45) is 10.7 Å². The molecule has 2 N–H and O–H groups in total. The number of hydrogen-bond acceptors (Lipinski definition) is 2. The number of hydrogen-bond donors (Lipinski definition) is 1. The lowest BCUT2D eigenvalue weighted by atomic mass is 9.78. The van der Waals surface area contributed by atoms with E-state index in [1.807, 2.05) is 12.1 Å². The predicted molar refractivity (Wildman–Crippen MR) is 243 cm³/mol. The number of nitrogens with two attached hydrogens (primary N) is 1. The van der Waals surface area contributed by atoms with Gasteiger partial charge >= 0.3 is 0 Å². The molecule has 0 unspecified atom stereocenters. The third-order valence-electron chi connectivity index (χ3n) is 11.9. The first-order chi connectivity index (χ1) is 27.9. The Morgan fingerprint density at radius 3 is 1.88 bits per heavy atom. The Morgan fingerprint density at radius 1 is 0.509 bits per heavy atom. The van der Waals surface area contributed by atoms with Crippen molar-refractivity contribution < 1.29 is 0 Å². The molecule has 9 aromatic carbocycles. The number of benzene rings is 9. The Labute approximate surface area is 334 Å². The number of nitrogens with zero attached hydrogens (tertiary/aromatic N) is 1. The minimum atomic E-state index is -0.121. The van der Waals surface area contributed by atoms with Gasteiger partial charge in [0, 0.05) is 22.2 Å². The largest absolute Gasteiger partial charge is 0.398 e. The van der Waals surface area contributed by atoms with Crippen LogP contribution in [0.1, 0.15) is 41.7 Å². The van der Waals surface area contributed by atoms with Crippen molar-refractivity contribution in [3.63, 3.8) is 0 Å². The molecular formula is C55H42N2. The van der Waals surface area contributed by atoms with E-state index in [2.05, 4.69) is 196 Å². The van der Waals surface area contributed by atoms with Crippen LogP contribution in [0.2, 0.25) is 0 Å². The fourth-order valence-corrected chi connectivity index (χ4v) is 8.99. The lowest BCUT2D eigenvalue weighted by Crippen LogP contribution is -2.16. The van der Waals surface area contributed by atoms with Crippen molar-refractivity contribution in [2.45, 2.75) is 25.8 Å². The molecule has 0 saturated heterocycles. The fourth-order valence-electron chi connectivity index (χ4n) is 8.99. The van der Waals surface area contributed by atoms with E-state index in [1.165, 1.54) is 66.1 Å². The number of allylic oxidation sites excluding steroid dienone is 1. The van der Waals surface area contributed by atoms with Crippen molar-refractivity contribution in [3.8, 4) is 33.4 Å². The van der Waals surface area contributed by atoms with Gasteiger partial charge in [0.05, 0.1) is 12.3 Å². The first-order valence-electron chi connectivity index (χ1n) is 19.8. The number of aliphatic imine (C=N–C) groups is 1. The van der Waals surface area contributed by atoms with Crippen LogP contribution < -0.4 is 5.73 Å². The van der Waals surface area contributed by atoms with Crippen LogP contribution in [0, 0.1) is 0 Å². The van der Waals surface area contributed by atoms with Crippen LogP contribution in [0.4, 0.5) is 0 Å². The first-order valence-corrected chi connectivity index (χ1v) is 19.8. The second-order valence-electron chi connectivity index (χ2n) is 15.7. The molecule has 0 atom stereocenters. The number of fused-ring (bicyclic) bond motifs is 6. The molecule has 0 spiro atoms. The third-order valence-corrected chi connectivity index (χ3v) is 11.9. The van der Waals surface area contributed by atoms with Gasteiger partial charge in [-0.3, -0.25) is 4.99 Å². The summed E-state index contributed by atoms with van der Waals surface area (Å²) in [5, 5.41) is 7.23. The quantitative estimate of drug-likeness (QED) is 0.163. The molecule has 2 heteroatoms. The zero-order chi connectivity index (χ0) is 38.5. The Kier molecular flexibility index (Phi) is 8.42. The van der Waals surface area contributed by atoms with Crippen LogP contribution in [0.5, 0.6) is 0 Å². The van der Waals surface area contributed by atoms with Crippen molar-refractivity contribution in [1.82, 2.24) is 0 Å². The summed E-state index contributed by atoms with van der Waals surface area (Å²) in [6.45, 7) is 5.31. The maximum atomic E-state index is 7.06. The molecule has 0 bridgehead atoms. The Bertz CT molecular complexity index is 3060. The second kappa shape index (κ2) is 13.9. The Hall–Kier alpha value is -7.03. The summed E-state index contributed by atoms with van der Waals surface area (Å²) in [5.41, 5.74) is 22.0. The molecule has 57 heavy (non-hydrogen) atoms. The zero-order valence-electron chi connectivity index (χ0n) is 32.2. The van der Waals surface area contributed by atoms with Gasteiger partial charge in [0.1, 0.15) is 0 Å². The molecule has 272 valence electrons. The van der Waals surface area contributed by atoms with Gasteiger partial charge in [-0.05, 0) is 107 Å². The maximum Gasteiger partial charge on any atom is 0.0671 e. The highest BCUT2D eigenvalue weighted by atomic mass is 14.7. The van der Waals surface area contributed by atoms with Gasteiger partial charge in [-0.1, -0.05) is 184 Å². The topological polar surface area (TPSA) is 38.4 Å². The highest BCUT2D eigenvalue weighted by Gasteiger charge is 2.37. The van der Waals surface area contributed by atoms with Crippen LogP contribution in [0.15, 0.2) is 199 Å². The smallest absolute Gasteiger partial charge is 0.0671 e. The van der Waals surface area contributed by atoms with Crippen molar-refractivity contribution in [1.29, 1.82) is 0 Å². The van der Waals surface area contributed by atoms with Crippen LogP contribution >= 0.6 is 0 Å². The van der Waals surface area contributed by atoms with Gasteiger partial charge in [-0.2, -0.15) is 0 Å². The molecule has 0 radical (unpaired) electrons. The van der Waals surface area contributed by atoms with E-state index in [4.69, 9.17) is 10.7 Å².